The van der Waals surface area contributed by atoms with Crippen LogP contribution >= 0.6 is 0 Å². The Labute approximate surface area is 158 Å². The number of aromatic nitrogens is 2. The van der Waals surface area contributed by atoms with Gasteiger partial charge in [-0.25, -0.2) is 4.98 Å². The van der Waals surface area contributed by atoms with Crippen molar-refractivity contribution >= 4 is 11.9 Å². The summed E-state index contributed by atoms with van der Waals surface area (Å²) in [6, 6.07) is 0. The van der Waals surface area contributed by atoms with E-state index in [1.165, 1.54) is 0 Å². The van der Waals surface area contributed by atoms with Gasteiger partial charge >= 0.3 is 0 Å². The second-order valence-electron chi connectivity index (χ2n) is 5.66. The molecule has 7 N–H and O–H groups in total. The van der Waals surface area contributed by atoms with Gasteiger partial charge in [0.2, 0.25) is 24.3 Å². The van der Waals surface area contributed by atoms with Gasteiger partial charge in [-0.15, -0.1) is 9.98 Å². The molecule has 1 rings (SSSR count). The van der Waals surface area contributed by atoms with Crippen LogP contribution in [0.2, 0.25) is 0 Å². The first-order chi connectivity index (χ1) is 13.0. The number of H-pyrrole nitrogens is 1. The smallest absolute Gasteiger partial charge is 0.209 e. The van der Waals surface area contributed by atoms with Gasteiger partial charge in [0.15, 0.2) is 0 Å². The number of aromatic amines is 1. The molecule has 0 aliphatic rings. The molecule has 0 bridgehead atoms. The summed E-state index contributed by atoms with van der Waals surface area (Å²) in [6.45, 7) is 3.81. The number of guanidine groups is 2. The van der Waals surface area contributed by atoms with Crippen molar-refractivity contribution in [2.24, 2.45) is 21.5 Å². The number of rotatable bonds is 10. The van der Waals surface area contributed by atoms with E-state index >= 15 is 0 Å². The predicted octanol–water partition coefficient (Wildman–Crippen LogP) is -1.96. The molecule has 0 saturated heterocycles. The predicted molar refractivity (Wildman–Crippen MR) is 102 cm³/mol. The molecule has 0 amide bonds. The molecule has 0 unspecified atom stereocenters. The average Bonchev–Trinajstić information content (AvgIpc) is 3.09. The van der Waals surface area contributed by atoms with Gasteiger partial charge in [0.05, 0.1) is 17.7 Å². The van der Waals surface area contributed by atoms with Gasteiger partial charge in [-0.1, -0.05) is 0 Å². The Morgan fingerprint density at radius 1 is 1.07 bits per heavy atom. The van der Waals surface area contributed by atoms with Gasteiger partial charge in [-0.2, -0.15) is 10.5 Å². The second-order valence-corrected chi connectivity index (χ2v) is 5.66. The zero-order valence-corrected chi connectivity index (χ0v) is 15.6. The highest BCUT2D eigenvalue weighted by Gasteiger charge is 2.07. The summed E-state index contributed by atoms with van der Waals surface area (Å²) in [5.74, 6) is 0.380. The average molecular weight is 374 g/mol. The largest absolute Gasteiger partial charge is 0.369 e. The zero-order valence-electron chi connectivity index (χ0n) is 15.6. The van der Waals surface area contributed by atoms with Crippen LogP contribution in [-0.4, -0.2) is 72.0 Å². The third-order valence-corrected chi connectivity index (χ3v) is 3.76. The molecule has 0 aromatic carbocycles. The highest BCUT2D eigenvalue weighted by molar-refractivity contribution is 5.79. The Morgan fingerprint density at radius 3 is 2.11 bits per heavy atom. The third kappa shape index (κ3) is 8.04. The van der Waals surface area contributed by atoms with Crippen molar-refractivity contribution in [2.75, 3.05) is 40.3 Å². The highest BCUT2D eigenvalue weighted by Crippen LogP contribution is 2.01. The maximum absolute atomic E-state index is 8.48. The van der Waals surface area contributed by atoms with Gasteiger partial charge in [0.25, 0.3) is 0 Å². The fourth-order valence-corrected chi connectivity index (χ4v) is 2.07. The van der Waals surface area contributed by atoms with E-state index in [2.05, 4.69) is 30.6 Å². The Morgan fingerprint density at radius 2 is 1.59 bits per heavy atom. The molecule has 0 aliphatic heterocycles. The Hall–Kier alpha value is -3.35. The van der Waals surface area contributed by atoms with Crippen LogP contribution in [0.4, 0.5) is 0 Å². The van der Waals surface area contributed by atoms with Crippen molar-refractivity contribution in [3.8, 4) is 12.4 Å². The van der Waals surface area contributed by atoms with Gasteiger partial charge in [0, 0.05) is 53.4 Å². The summed E-state index contributed by atoms with van der Waals surface area (Å²) < 4.78 is 0. The summed E-state index contributed by atoms with van der Waals surface area (Å²) in [7, 11) is 3.54. The highest BCUT2D eigenvalue weighted by atomic mass is 15.2. The fraction of sp³-hybridized carbons (Fsp3) is 0.533. The van der Waals surface area contributed by atoms with Crippen molar-refractivity contribution in [2.45, 2.75) is 13.1 Å². The number of likely N-dealkylation sites (N-methyl/N-ethyl adjacent to an activating group) is 2. The molecule has 27 heavy (non-hydrogen) atoms. The molecule has 0 aliphatic carbocycles. The quantitative estimate of drug-likeness (QED) is 0.134. The maximum Gasteiger partial charge on any atom is 0.209 e. The molecule has 1 aromatic rings. The summed E-state index contributed by atoms with van der Waals surface area (Å²) in [6.07, 6.45) is 4.98. The lowest BCUT2D eigenvalue weighted by Gasteiger charge is -2.17. The first-order valence-corrected chi connectivity index (χ1v) is 8.28. The molecule has 0 fully saturated rings. The second kappa shape index (κ2) is 12.1. The number of nitrogens with zero attached hydrogens (tertiary/aromatic N) is 7. The van der Waals surface area contributed by atoms with Crippen molar-refractivity contribution in [3.05, 3.63) is 17.7 Å². The van der Waals surface area contributed by atoms with Crippen LogP contribution in [-0.2, 0) is 13.1 Å². The third-order valence-electron chi connectivity index (χ3n) is 3.76. The van der Waals surface area contributed by atoms with E-state index in [0.29, 0.717) is 39.3 Å². The molecular formula is C15H26N12. The molecular weight excluding hydrogens is 348 g/mol. The van der Waals surface area contributed by atoms with E-state index in [-0.39, 0.29) is 11.9 Å². The molecule has 0 saturated carbocycles. The molecule has 146 valence electrons. The van der Waals surface area contributed by atoms with Gasteiger partial charge in [-0.05, 0) is 0 Å². The van der Waals surface area contributed by atoms with Crippen LogP contribution in [0.25, 0.3) is 0 Å². The SMILES string of the molecule is CN(CCNCc1nc[nH]c1CNCCN(C)C(N)=NC#N)C(N)=NC#N. The van der Waals surface area contributed by atoms with Crippen molar-refractivity contribution in [1.82, 2.24) is 30.4 Å². The van der Waals surface area contributed by atoms with Crippen LogP contribution in [0.15, 0.2) is 16.3 Å². The Kier molecular flexibility index (Phi) is 9.70. The lowest BCUT2D eigenvalue weighted by atomic mass is 10.3. The van der Waals surface area contributed by atoms with Crippen molar-refractivity contribution in [3.63, 3.8) is 0 Å². The first kappa shape index (κ1) is 21.7. The minimum Gasteiger partial charge on any atom is -0.369 e. The Balaban J connectivity index is 2.30. The number of aliphatic imine (C=N–C) groups is 2. The zero-order chi connectivity index (χ0) is 20.1. The van der Waals surface area contributed by atoms with Crippen LogP contribution in [0.3, 0.4) is 0 Å². The number of nitrogens with one attached hydrogen (secondary N) is 3. The topological polar surface area (TPSA) is 184 Å². The molecule has 12 nitrogen and oxygen atoms in total. The van der Waals surface area contributed by atoms with Crippen molar-refractivity contribution in [1.29, 1.82) is 10.5 Å². The molecule has 12 heteroatoms. The van der Waals surface area contributed by atoms with Crippen LogP contribution in [0.5, 0.6) is 0 Å². The van der Waals surface area contributed by atoms with E-state index in [1.807, 2.05) is 0 Å². The minimum atomic E-state index is 0.189. The minimum absolute atomic E-state index is 0.189. The lowest BCUT2D eigenvalue weighted by Crippen LogP contribution is -2.38. The monoisotopic (exact) mass is 374 g/mol. The van der Waals surface area contributed by atoms with Gasteiger partial charge in [0.1, 0.15) is 0 Å². The molecule has 0 radical (unpaired) electrons. The number of hydrogen-bond donors (Lipinski definition) is 5. The van der Waals surface area contributed by atoms with Crippen LogP contribution in [0.1, 0.15) is 11.4 Å². The van der Waals surface area contributed by atoms with E-state index in [9.17, 15) is 0 Å². The van der Waals surface area contributed by atoms with Gasteiger partial charge in [-0.3, -0.25) is 0 Å². The number of nitriles is 2. The molecule has 0 atom stereocenters. The first-order valence-electron chi connectivity index (χ1n) is 8.28. The van der Waals surface area contributed by atoms with E-state index in [0.717, 1.165) is 11.4 Å². The Bertz CT molecular complexity index is 649. The molecule has 0 spiro atoms. The van der Waals surface area contributed by atoms with E-state index < -0.39 is 0 Å². The fourth-order valence-electron chi connectivity index (χ4n) is 2.07. The van der Waals surface area contributed by atoms with E-state index in [4.69, 9.17) is 22.0 Å². The van der Waals surface area contributed by atoms with Crippen LogP contribution < -0.4 is 22.1 Å². The summed E-state index contributed by atoms with van der Waals surface area (Å²) in [5.41, 5.74) is 13.1. The summed E-state index contributed by atoms with van der Waals surface area (Å²) >= 11 is 0. The summed E-state index contributed by atoms with van der Waals surface area (Å²) in [5, 5.41) is 23.5. The van der Waals surface area contributed by atoms with Crippen LogP contribution in [0, 0.1) is 22.9 Å². The normalized spacial score (nSPS) is 11.7. The number of imidazole rings is 1. The number of nitrogens with two attached hydrogens (primary N) is 2. The summed E-state index contributed by atoms with van der Waals surface area (Å²) in [4.78, 5) is 17.8. The molecule has 1 heterocycles. The lowest BCUT2D eigenvalue weighted by molar-refractivity contribution is 0.471. The maximum atomic E-state index is 8.48. The van der Waals surface area contributed by atoms with Crippen molar-refractivity contribution < 1.29 is 0 Å². The van der Waals surface area contributed by atoms with E-state index in [1.54, 1.807) is 42.6 Å². The number of hydrogen-bond acceptors (Lipinski definition) is 7. The molecule has 1 aromatic heterocycles. The van der Waals surface area contributed by atoms with Gasteiger partial charge < -0.3 is 36.9 Å². The standard InChI is InChI=1S/C15H26N12/c1-26(14(18)22-9-16)5-3-20-7-12-13(25-11-24-12)8-21-4-6-27(2)15(19)23-10-17/h11,20-21H,3-8H2,1-2H3,(H2,18,22)(H2,19,23)(H,24,25).